The van der Waals surface area contributed by atoms with Gasteiger partial charge in [0.15, 0.2) is 5.11 Å². The average molecular weight is 245 g/mol. The van der Waals surface area contributed by atoms with Gasteiger partial charge in [-0.15, -0.1) is 0 Å². The lowest BCUT2D eigenvalue weighted by Crippen LogP contribution is -2.23. The first-order valence-corrected chi connectivity index (χ1v) is 5.40. The summed E-state index contributed by atoms with van der Waals surface area (Å²) >= 11 is 4.62. The van der Waals surface area contributed by atoms with Gasteiger partial charge in [-0.25, -0.2) is 0 Å². The normalized spacial score (nSPS) is 10.6. The Labute approximate surface area is 104 Å². The summed E-state index contributed by atoms with van der Waals surface area (Å²) in [5.41, 5.74) is 8.71. The molecule has 0 aliphatic heterocycles. The molecule has 5 heteroatoms. The van der Waals surface area contributed by atoms with Crippen LogP contribution in [0.2, 0.25) is 0 Å². The summed E-state index contributed by atoms with van der Waals surface area (Å²) in [4.78, 5) is 0. The molecule has 1 heterocycles. The maximum Gasteiger partial charge on any atom is 0.184 e. The third-order valence-electron chi connectivity index (χ3n) is 2.05. The smallest absolute Gasteiger partial charge is 0.184 e. The average Bonchev–Trinajstić information content (AvgIpc) is 2.78. The number of nitrogens with one attached hydrogen (secondary N) is 1. The van der Waals surface area contributed by atoms with Crippen LogP contribution < -0.4 is 11.2 Å². The Hall–Kier alpha value is -2.14. The summed E-state index contributed by atoms with van der Waals surface area (Å²) in [6, 6.07) is 13.5. The van der Waals surface area contributed by atoms with Crippen molar-refractivity contribution in [1.29, 1.82) is 0 Å². The van der Waals surface area contributed by atoms with Crippen LogP contribution in [0.3, 0.4) is 0 Å². The van der Waals surface area contributed by atoms with Gasteiger partial charge in [0.25, 0.3) is 0 Å². The number of hydrogen-bond acceptors (Lipinski definition) is 3. The van der Waals surface area contributed by atoms with Crippen molar-refractivity contribution < 1.29 is 4.42 Å². The predicted molar refractivity (Wildman–Crippen MR) is 71.7 cm³/mol. The molecule has 0 bridgehead atoms. The van der Waals surface area contributed by atoms with Gasteiger partial charge in [0, 0.05) is 5.56 Å². The third-order valence-corrected chi connectivity index (χ3v) is 2.14. The van der Waals surface area contributed by atoms with E-state index in [4.69, 9.17) is 10.2 Å². The fourth-order valence-corrected chi connectivity index (χ4v) is 1.39. The van der Waals surface area contributed by atoms with Gasteiger partial charge in [0.05, 0.1) is 6.21 Å². The number of benzene rings is 1. The van der Waals surface area contributed by atoms with Gasteiger partial charge in [-0.3, -0.25) is 5.43 Å². The molecule has 0 radical (unpaired) electrons. The standard InChI is InChI=1S/C12H11N3OS/c13-12(17)15-14-8-10-6-7-11(16-10)9-4-2-1-3-5-9/h1-8H,(H3,13,15,17)/b14-8-. The quantitative estimate of drug-likeness (QED) is 0.494. The van der Waals surface area contributed by atoms with E-state index < -0.39 is 0 Å². The van der Waals surface area contributed by atoms with E-state index in [0.29, 0.717) is 5.76 Å². The van der Waals surface area contributed by atoms with E-state index in [2.05, 4.69) is 22.7 Å². The molecule has 0 amide bonds. The highest BCUT2D eigenvalue weighted by atomic mass is 32.1. The van der Waals surface area contributed by atoms with Crippen LogP contribution in [0.1, 0.15) is 5.76 Å². The first kappa shape index (κ1) is 11.3. The van der Waals surface area contributed by atoms with Crippen molar-refractivity contribution in [2.24, 2.45) is 10.8 Å². The van der Waals surface area contributed by atoms with Crippen molar-refractivity contribution in [3.8, 4) is 11.3 Å². The van der Waals surface area contributed by atoms with E-state index in [1.54, 1.807) is 0 Å². The molecule has 0 aliphatic rings. The Morgan fingerprint density at radius 3 is 2.71 bits per heavy atom. The number of thiocarbonyl (C=S) groups is 1. The highest BCUT2D eigenvalue weighted by Gasteiger charge is 2.01. The van der Waals surface area contributed by atoms with Gasteiger partial charge in [0.2, 0.25) is 0 Å². The molecule has 0 spiro atoms. The van der Waals surface area contributed by atoms with E-state index in [0.717, 1.165) is 11.3 Å². The second-order valence-corrected chi connectivity index (χ2v) is 3.74. The zero-order valence-corrected chi connectivity index (χ0v) is 9.78. The van der Waals surface area contributed by atoms with Crippen molar-refractivity contribution >= 4 is 23.5 Å². The van der Waals surface area contributed by atoms with Crippen LogP contribution >= 0.6 is 12.2 Å². The van der Waals surface area contributed by atoms with Crippen LogP contribution in [0.15, 0.2) is 52.0 Å². The number of nitrogens with two attached hydrogens (primary N) is 1. The van der Waals surface area contributed by atoms with Crippen LogP contribution in [0.4, 0.5) is 0 Å². The Morgan fingerprint density at radius 2 is 2.00 bits per heavy atom. The van der Waals surface area contributed by atoms with Crippen molar-refractivity contribution in [3.05, 3.63) is 48.2 Å². The van der Waals surface area contributed by atoms with Crippen LogP contribution in [-0.4, -0.2) is 11.3 Å². The molecule has 1 aromatic carbocycles. The van der Waals surface area contributed by atoms with Gasteiger partial charge in [-0.2, -0.15) is 5.10 Å². The Morgan fingerprint density at radius 1 is 1.24 bits per heavy atom. The largest absolute Gasteiger partial charge is 0.455 e. The molecule has 2 aromatic rings. The summed E-state index contributed by atoms with van der Waals surface area (Å²) in [7, 11) is 0. The molecule has 0 fully saturated rings. The number of nitrogens with zero attached hydrogens (tertiary/aromatic N) is 1. The summed E-state index contributed by atoms with van der Waals surface area (Å²) < 4.78 is 5.58. The number of hydrazone groups is 1. The molecule has 0 saturated heterocycles. The van der Waals surface area contributed by atoms with Crippen LogP contribution in [-0.2, 0) is 0 Å². The van der Waals surface area contributed by atoms with Gasteiger partial charge < -0.3 is 10.2 Å². The van der Waals surface area contributed by atoms with Crippen LogP contribution in [0, 0.1) is 0 Å². The monoisotopic (exact) mass is 245 g/mol. The first-order valence-electron chi connectivity index (χ1n) is 4.99. The summed E-state index contributed by atoms with van der Waals surface area (Å²) in [6.45, 7) is 0. The minimum atomic E-state index is 0.121. The molecule has 0 saturated carbocycles. The minimum Gasteiger partial charge on any atom is -0.455 e. The van der Waals surface area contributed by atoms with Crippen molar-refractivity contribution in [2.75, 3.05) is 0 Å². The van der Waals surface area contributed by atoms with E-state index in [1.807, 2.05) is 42.5 Å². The van der Waals surface area contributed by atoms with E-state index in [9.17, 15) is 0 Å². The number of rotatable bonds is 3. The number of hydrogen-bond donors (Lipinski definition) is 2. The molecular formula is C12H11N3OS. The molecule has 4 nitrogen and oxygen atoms in total. The van der Waals surface area contributed by atoms with Gasteiger partial charge in [0.1, 0.15) is 11.5 Å². The zero-order valence-electron chi connectivity index (χ0n) is 8.96. The first-order chi connectivity index (χ1) is 8.25. The lowest BCUT2D eigenvalue weighted by Gasteiger charge is -1.95. The third kappa shape index (κ3) is 3.15. The molecule has 2 rings (SSSR count). The Bertz CT molecular complexity index is 534. The molecule has 0 aliphatic carbocycles. The highest BCUT2D eigenvalue weighted by molar-refractivity contribution is 7.80. The lowest BCUT2D eigenvalue weighted by atomic mass is 10.2. The molecule has 3 N–H and O–H groups in total. The number of furan rings is 1. The fourth-order valence-electron chi connectivity index (χ4n) is 1.34. The summed E-state index contributed by atoms with van der Waals surface area (Å²) in [6.07, 6.45) is 1.52. The SMILES string of the molecule is NC(=S)N/N=C\c1ccc(-c2ccccc2)o1. The van der Waals surface area contributed by atoms with Gasteiger partial charge in [-0.05, 0) is 24.4 Å². The summed E-state index contributed by atoms with van der Waals surface area (Å²) in [5, 5.41) is 3.93. The maximum atomic E-state index is 5.58. The maximum absolute atomic E-state index is 5.58. The van der Waals surface area contributed by atoms with Crippen molar-refractivity contribution in [2.45, 2.75) is 0 Å². The van der Waals surface area contributed by atoms with Crippen LogP contribution in [0.25, 0.3) is 11.3 Å². The molecule has 86 valence electrons. The van der Waals surface area contributed by atoms with Crippen molar-refractivity contribution in [3.63, 3.8) is 0 Å². The highest BCUT2D eigenvalue weighted by Crippen LogP contribution is 2.20. The second-order valence-electron chi connectivity index (χ2n) is 3.30. The lowest BCUT2D eigenvalue weighted by molar-refractivity contribution is 0.574. The minimum absolute atomic E-state index is 0.121. The van der Waals surface area contributed by atoms with Crippen LogP contribution in [0.5, 0.6) is 0 Å². The van der Waals surface area contributed by atoms with E-state index in [-0.39, 0.29) is 5.11 Å². The van der Waals surface area contributed by atoms with Gasteiger partial charge in [-0.1, -0.05) is 30.3 Å². The van der Waals surface area contributed by atoms with E-state index in [1.165, 1.54) is 6.21 Å². The topological polar surface area (TPSA) is 63.5 Å². The Balaban J connectivity index is 2.11. The molecular weight excluding hydrogens is 234 g/mol. The molecule has 1 aromatic heterocycles. The zero-order chi connectivity index (χ0) is 12.1. The van der Waals surface area contributed by atoms with E-state index >= 15 is 0 Å². The fraction of sp³-hybridized carbons (Fsp3) is 0. The predicted octanol–water partition coefficient (Wildman–Crippen LogP) is 2.11. The Kier molecular flexibility index (Phi) is 3.52. The molecule has 0 unspecified atom stereocenters. The summed E-state index contributed by atoms with van der Waals surface area (Å²) in [5.74, 6) is 1.43. The second kappa shape index (κ2) is 5.27. The van der Waals surface area contributed by atoms with Crippen molar-refractivity contribution in [1.82, 2.24) is 5.43 Å². The van der Waals surface area contributed by atoms with Gasteiger partial charge >= 0.3 is 0 Å². The molecule has 17 heavy (non-hydrogen) atoms. The molecule has 0 atom stereocenters.